The average molecular weight is 402 g/mol. The minimum Gasteiger partial charge on any atom is -0.348 e. The number of hydrogen-bond donors (Lipinski definition) is 1. The van der Waals surface area contributed by atoms with E-state index in [0.717, 1.165) is 15.9 Å². The fourth-order valence-electron chi connectivity index (χ4n) is 3.15. The number of carbonyl (C=O) groups excluding carboxylic acids is 1. The third-order valence-corrected chi connectivity index (χ3v) is 5.96. The van der Waals surface area contributed by atoms with Crippen molar-refractivity contribution in [2.45, 2.75) is 23.8 Å². The fourth-order valence-corrected chi connectivity index (χ4v) is 4.68. The minimum absolute atomic E-state index is 0.0785. The van der Waals surface area contributed by atoms with Crippen LogP contribution in [0.5, 0.6) is 0 Å². The summed E-state index contributed by atoms with van der Waals surface area (Å²) in [6.07, 6.45) is 2.46. The van der Waals surface area contributed by atoms with E-state index in [1.165, 1.54) is 30.8 Å². The summed E-state index contributed by atoms with van der Waals surface area (Å²) in [6.45, 7) is 3.44. The first-order valence-corrected chi connectivity index (χ1v) is 9.59. The maximum atomic E-state index is 12.3. The molecule has 108 valence electrons. The van der Waals surface area contributed by atoms with Crippen molar-refractivity contribution in [1.82, 2.24) is 10.2 Å². The van der Waals surface area contributed by atoms with Gasteiger partial charge in [-0.3, -0.25) is 4.79 Å². The molecule has 1 aromatic carbocycles. The first-order valence-electron chi connectivity index (χ1n) is 7.08. The van der Waals surface area contributed by atoms with Gasteiger partial charge in [-0.1, -0.05) is 22.6 Å². The van der Waals surface area contributed by atoms with Crippen LogP contribution in [0.4, 0.5) is 0 Å². The van der Waals surface area contributed by atoms with Crippen molar-refractivity contribution < 1.29 is 4.79 Å². The molecule has 4 rings (SSSR count). The van der Waals surface area contributed by atoms with Gasteiger partial charge in [0.05, 0.1) is 3.76 Å². The molecule has 3 nitrogen and oxygen atoms in total. The molecule has 1 N–H and O–H groups in total. The molecule has 0 saturated carbocycles. The minimum atomic E-state index is 0.0785. The van der Waals surface area contributed by atoms with Gasteiger partial charge in [0, 0.05) is 23.0 Å². The number of piperidine rings is 3. The van der Waals surface area contributed by atoms with Crippen LogP contribution in [0.1, 0.15) is 23.2 Å². The van der Waals surface area contributed by atoms with E-state index in [1.54, 1.807) is 11.8 Å². The molecule has 3 fully saturated rings. The van der Waals surface area contributed by atoms with Crippen molar-refractivity contribution in [3.8, 4) is 0 Å². The fraction of sp³-hybridized carbons (Fsp3) is 0.533. The van der Waals surface area contributed by atoms with Crippen molar-refractivity contribution in [2.24, 2.45) is 5.92 Å². The zero-order valence-corrected chi connectivity index (χ0v) is 14.3. The molecular weight excluding hydrogens is 383 g/mol. The number of amides is 1. The molecule has 1 aromatic rings. The third kappa shape index (κ3) is 3.31. The molecule has 0 spiro atoms. The smallest absolute Gasteiger partial charge is 0.251 e. The molecule has 3 saturated heterocycles. The zero-order chi connectivity index (χ0) is 13.9. The molecule has 1 atom stereocenters. The van der Waals surface area contributed by atoms with Crippen molar-refractivity contribution in [1.29, 1.82) is 0 Å². The summed E-state index contributed by atoms with van der Waals surface area (Å²) in [7, 11) is 0. The highest BCUT2D eigenvalue weighted by atomic mass is 127. The first-order chi connectivity index (χ1) is 9.76. The van der Waals surface area contributed by atoms with Crippen molar-refractivity contribution in [3.63, 3.8) is 0 Å². The second-order valence-corrected chi connectivity index (χ2v) is 8.34. The van der Waals surface area contributed by atoms with Crippen molar-refractivity contribution in [2.75, 3.05) is 23.4 Å². The van der Waals surface area contributed by atoms with Gasteiger partial charge in [0.1, 0.15) is 0 Å². The molecule has 1 amide bonds. The number of hydrogen-bond acceptors (Lipinski definition) is 3. The lowest BCUT2D eigenvalue weighted by Gasteiger charge is -2.44. The summed E-state index contributed by atoms with van der Waals surface area (Å²) in [6, 6.07) is 8.29. The van der Waals surface area contributed by atoms with Crippen LogP contribution in [-0.2, 0) is 0 Å². The Kier molecular flexibility index (Phi) is 4.88. The molecule has 5 heteroatoms. The second-order valence-electron chi connectivity index (χ2n) is 5.50. The van der Waals surface area contributed by atoms with E-state index in [1.807, 2.05) is 24.3 Å². The van der Waals surface area contributed by atoms with Crippen LogP contribution in [0.25, 0.3) is 0 Å². The zero-order valence-electron chi connectivity index (χ0n) is 11.3. The van der Waals surface area contributed by atoms with E-state index in [-0.39, 0.29) is 5.91 Å². The highest BCUT2D eigenvalue weighted by Gasteiger charge is 2.34. The Morgan fingerprint density at radius 2 is 2.00 bits per heavy atom. The summed E-state index contributed by atoms with van der Waals surface area (Å²) in [5, 5.41) is 3.23. The Morgan fingerprint density at radius 3 is 2.55 bits per heavy atom. The number of thioether (sulfide) groups is 1. The first kappa shape index (κ1) is 14.7. The Balaban J connectivity index is 1.61. The standard InChI is InChI=1S/C15H19IN2OS/c16-10-20-13-3-1-12(2-4-13)15(19)17-14-9-18-7-5-11(14)6-8-18/h1-4,11,14H,5-10H2,(H,17,19). The average Bonchev–Trinajstić information content (AvgIpc) is 2.49. The number of carbonyl (C=O) groups is 1. The number of benzene rings is 1. The molecule has 3 aliphatic rings. The van der Waals surface area contributed by atoms with Crippen LogP contribution in [0.15, 0.2) is 29.2 Å². The van der Waals surface area contributed by atoms with Gasteiger partial charge in [0.2, 0.25) is 0 Å². The number of nitrogens with one attached hydrogen (secondary N) is 1. The molecule has 0 aliphatic carbocycles. The van der Waals surface area contributed by atoms with Crippen molar-refractivity contribution in [3.05, 3.63) is 29.8 Å². The Labute approximate surface area is 138 Å². The van der Waals surface area contributed by atoms with Crippen LogP contribution >= 0.6 is 34.4 Å². The Bertz CT molecular complexity index is 471. The molecule has 3 aliphatic heterocycles. The second kappa shape index (κ2) is 6.66. The normalized spacial score (nSPS) is 28.4. The van der Waals surface area contributed by atoms with Gasteiger partial charge in [0.15, 0.2) is 0 Å². The lowest BCUT2D eigenvalue weighted by Crippen LogP contribution is -2.57. The molecule has 0 radical (unpaired) electrons. The van der Waals surface area contributed by atoms with Gasteiger partial charge >= 0.3 is 0 Å². The van der Waals surface area contributed by atoms with Gasteiger partial charge in [0.25, 0.3) is 5.91 Å². The number of halogens is 1. The summed E-state index contributed by atoms with van der Waals surface area (Å²) in [4.78, 5) is 16.0. The van der Waals surface area contributed by atoms with Gasteiger partial charge in [-0.2, -0.15) is 0 Å². The predicted octanol–water partition coefficient (Wildman–Crippen LogP) is 3.00. The SMILES string of the molecule is O=C(NC1CN2CCC1CC2)c1ccc(SCI)cc1. The van der Waals surface area contributed by atoms with Crippen LogP contribution < -0.4 is 5.32 Å². The summed E-state index contributed by atoms with van der Waals surface area (Å²) < 4.78 is 1.03. The number of rotatable bonds is 4. The Hall–Kier alpha value is -0.270. The van der Waals surface area contributed by atoms with Crippen LogP contribution in [0.3, 0.4) is 0 Å². The van der Waals surface area contributed by atoms with Gasteiger partial charge in [-0.05, 0) is 56.1 Å². The topological polar surface area (TPSA) is 32.3 Å². The molecule has 3 heterocycles. The van der Waals surface area contributed by atoms with E-state index in [4.69, 9.17) is 0 Å². The summed E-state index contributed by atoms with van der Waals surface area (Å²) in [5.74, 6) is 0.757. The van der Waals surface area contributed by atoms with Gasteiger partial charge < -0.3 is 10.2 Å². The molecule has 2 bridgehead atoms. The largest absolute Gasteiger partial charge is 0.348 e. The highest BCUT2D eigenvalue weighted by Crippen LogP contribution is 2.27. The third-order valence-electron chi connectivity index (χ3n) is 4.31. The van der Waals surface area contributed by atoms with Crippen molar-refractivity contribution >= 4 is 40.3 Å². The quantitative estimate of drug-likeness (QED) is 0.478. The molecule has 1 unspecified atom stereocenters. The summed E-state index contributed by atoms with van der Waals surface area (Å²) in [5.41, 5.74) is 0.777. The highest BCUT2D eigenvalue weighted by molar-refractivity contribution is 14.1. The summed E-state index contributed by atoms with van der Waals surface area (Å²) >= 11 is 4.13. The van der Waals surface area contributed by atoms with Crippen LogP contribution in [0.2, 0.25) is 0 Å². The van der Waals surface area contributed by atoms with E-state index >= 15 is 0 Å². The number of fused-ring (bicyclic) bond motifs is 3. The monoisotopic (exact) mass is 402 g/mol. The van der Waals surface area contributed by atoms with Gasteiger partial charge in [-0.15, -0.1) is 11.8 Å². The lowest BCUT2D eigenvalue weighted by molar-refractivity contribution is 0.0620. The van der Waals surface area contributed by atoms with E-state index in [2.05, 4.69) is 32.8 Å². The molecule has 0 aromatic heterocycles. The Morgan fingerprint density at radius 1 is 1.30 bits per heavy atom. The van der Waals surface area contributed by atoms with Crippen LogP contribution in [-0.4, -0.2) is 40.2 Å². The lowest BCUT2D eigenvalue weighted by atomic mass is 9.84. The maximum Gasteiger partial charge on any atom is 0.251 e. The van der Waals surface area contributed by atoms with Crippen LogP contribution in [0, 0.1) is 5.92 Å². The predicted molar refractivity (Wildman–Crippen MR) is 91.6 cm³/mol. The van der Waals surface area contributed by atoms with E-state index in [0.29, 0.717) is 12.0 Å². The van der Waals surface area contributed by atoms with Gasteiger partial charge in [-0.25, -0.2) is 0 Å². The van der Waals surface area contributed by atoms with E-state index < -0.39 is 0 Å². The number of alkyl halides is 1. The molecular formula is C15H19IN2OS. The number of nitrogens with zero attached hydrogens (tertiary/aromatic N) is 1. The maximum absolute atomic E-state index is 12.3. The van der Waals surface area contributed by atoms with E-state index in [9.17, 15) is 4.79 Å². The molecule has 20 heavy (non-hydrogen) atoms.